The lowest BCUT2D eigenvalue weighted by atomic mass is 10.0. The van der Waals surface area contributed by atoms with E-state index in [0.29, 0.717) is 35.5 Å². The van der Waals surface area contributed by atoms with Gasteiger partial charge in [0.25, 0.3) is 5.91 Å². The Bertz CT molecular complexity index is 858. The van der Waals surface area contributed by atoms with Gasteiger partial charge in [-0.15, -0.1) is 0 Å². The molecule has 0 spiro atoms. The number of hydrogen-bond donors (Lipinski definition) is 2. The predicted molar refractivity (Wildman–Crippen MR) is 121 cm³/mol. The number of ether oxygens (including phenoxy) is 3. The maximum Gasteiger partial charge on any atom is 0.253 e. The molecule has 0 atom stereocenters. The van der Waals surface area contributed by atoms with Crippen molar-refractivity contribution in [3.8, 4) is 17.2 Å². The van der Waals surface area contributed by atoms with E-state index in [1.165, 1.54) is 0 Å². The van der Waals surface area contributed by atoms with Crippen molar-refractivity contribution in [3.63, 3.8) is 0 Å². The molecular formula is C22H27N3O4S. The highest BCUT2D eigenvalue weighted by Crippen LogP contribution is 2.39. The van der Waals surface area contributed by atoms with Gasteiger partial charge in [-0.1, -0.05) is 18.2 Å². The minimum Gasteiger partial charge on any atom is -0.493 e. The second-order valence-electron chi connectivity index (χ2n) is 6.94. The average Bonchev–Trinajstić information content (AvgIpc) is 2.78. The van der Waals surface area contributed by atoms with Gasteiger partial charge in [-0.05, 0) is 37.2 Å². The van der Waals surface area contributed by atoms with Gasteiger partial charge in [0.1, 0.15) is 0 Å². The summed E-state index contributed by atoms with van der Waals surface area (Å²) in [6.45, 7) is 1.39. The summed E-state index contributed by atoms with van der Waals surface area (Å²) in [6, 6.07) is 13.2. The van der Waals surface area contributed by atoms with Crippen molar-refractivity contribution in [1.82, 2.24) is 10.2 Å². The molecular weight excluding hydrogens is 402 g/mol. The van der Waals surface area contributed by atoms with Crippen molar-refractivity contribution in [3.05, 3.63) is 48.0 Å². The fourth-order valence-corrected chi connectivity index (χ4v) is 3.78. The number of thiocarbonyl (C=S) groups is 1. The number of likely N-dealkylation sites (tertiary alicyclic amines) is 1. The molecule has 0 bridgehead atoms. The molecule has 0 aliphatic carbocycles. The Balaban J connectivity index is 1.55. The third-order valence-electron chi connectivity index (χ3n) is 5.06. The lowest BCUT2D eigenvalue weighted by molar-refractivity contribution is 0.0710. The van der Waals surface area contributed by atoms with E-state index in [4.69, 9.17) is 26.4 Å². The summed E-state index contributed by atoms with van der Waals surface area (Å²) in [5.74, 6) is 1.71. The van der Waals surface area contributed by atoms with Gasteiger partial charge in [-0.3, -0.25) is 4.79 Å². The zero-order chi connectivity index (χ0) is 21.5. The Morgan fingerprint density at radius 1 is 1.00 bits per heavy atom. The summed E-state index contributed by atoms with van der Waals surface area (Å²) in [5.41, 5.74) is 1.46. The summed E-state index contributed by atoms with van der Waals surface area (Å²) in [5, 5.41) is 7.02. The molecule has 1 heterocycles. The number of benzene rings is 2. The van der Waals surface area contributed by atoms with Crippen molar-refractivity contribution >= 4 is 28.9 Å². The van der Waals surface area contributed by atoms with Crippen LogP contribution in [-0.2, 0) is 0 Å². The zero-order valence-electron chi connectivity index (χ0n) is 17.4. The van der Waals surface area contributed by atoms with Crippen LogP contribution in [0, 0.1) is 0 Å². The van der Waals surface area contributed by atoms with Crippen LogP contribution in [0.5, 0.6) is 17.2 Å². The monoisotopic (exact) mass is 429 g/mol. The Labute approximate surface area is 182 Å². The number of hydrogen-bond acceptors (Lipinski definition) is 5. The number of piperidine rings is 1. The number of carbonyl (C=O) groups is 1. The van der Waals surface area contributed by atoms with E-state index >= 15 is 0 Å². The highest BCUT2D eigenvalue weighted by molar-refractivity contribution is 7.80. The largest absolute Gasteiger partial charge is 0.493 e. The maximum atomic E-state index is 12.6. The number of carbonyl (C=O) groups excluding carboxylic acids is 1. The van der Waals surface area contributed by atoms with E-state index in [2.05, 4.69) is 10.6 Å². The van der Waals surface area contributed by atoms with Crippen LogP contribution in [0.3, 0.4) is 0 Å². The number of nitrogens with zero attached hydrogens (tertiary/aromatic N) is 1. The number of methoxy groups -OCH3 is 3. The third-order valence-corrected chi connectivity index (χ3v) is 5.28. The number of nitrogens with one attached hydrogen (secondary N) is 2. The van der Waals surface area contributed by atoms with Crippen LogP contribution < -0.4 is 24.8 Å². The zero-order valence-corrected chi connectivity index (χ0v) is 18.3. The lowest BCUT2D eigenvalue weighted by Crippen LogP contribution is -2.47. The van der Waals surface area contributed by atoms with E-state index < -0.39 is 0 Å². The molecule has 0 radical (unpaired) electrons. The fourth-order valence-electron chi connectivity index (χ4n) is 3.50. The highest BCUT2D eigenvalue weighted by Gasteiger charge is 2.24. The van der Waals surface area contributed by atoms with E-state index in [-0.39, 0.29) is 11.9 Å². The van der Waals surface area contributed by atoms with E-state index in [1.807, 2.05) is 35.2 Å². The van der Waals surface area contributed by atoms with Crippen LogP contribution in [-0.4, -0.2) is 56.4 Å². The van der Waals surface area contributed by atoms with Crippen molar-refractivity contribution in [1.29, 1.82) is 0 Å². The number of amides is 1. The molecule has 1 amide bonds. The molecule has 160 valence electrons. The van der Waals surface area contributed by atoms with Crippen LogP contribution >= 0.6 is 12.2 Å². The molecule has 1 aliphatic heterocycles. The Morgan fingerprint density at radius 3 is 2.13 bits per heavy atom. The van der Waals surface area contributed by atoms with Crippen molar-refractivity contribution in [2.75, 3.05) is 39.7 Å². The smallest absolute Gasteiger partial charge is 0.253 e. The highest BCUT2D eigenvalue weighted by atomic mass is 32.1. The van der Waals surface area contributed by atoms with E-state index in [1.54, 1.807) is 33.5 Å². The molecule has 1 aliphatic rings. The standard InChI is InChI=1S/C22H27N3O4S/c1-27-18-13-17(14-19(28-2)20(18)29-3)24-22(30)23-16-9-11-25(12-10-16)21(26)15-7-5-4-6-8-15/h4-8,13-14,16H,9-12H2,1-3H3,(H2,23,24,30). The topological polar surface area (TPSA) is 72.1 Å². The van der Waals surface area contributed by atoms with Crippen LogP contribution in [0.1, 0.15) is 23.2 Å². The Hall–Kier alpha value is -3.00. The van der Waals surface area contributed by atoms with Crippen LogP contribution in [0.15, 0.2) is 42.5 Å². The van der Waals surface area contributed by atoms with Crippen LogP contribution in [0.4, 0.5) is 5.69 Å². The molecule has 0 saturated carbocycles. The van der Waals surface area contributed by atoms with Crippen molar-refractivity contribution in [2.24, 2.45) is 0 Å². The average molecular weight is 430 g/mol. The molecule has 0 unspecified atom stereocenters. The molecule has 1 saturated heterocycles. The second-order valence-corrected chi connectivity index (χ2v) is 7.35. The summed E-state index contributed by atoms with van der Waals surface area (Å²) < 4.78 is 16.1. The van der Waals surface area contributed by atoms with E-state index in [0.717, 1.165) is 24.1 Å². The fraction of sp³-hybridized carbons (Fsp3) is 0.364. The first-order chi connectivity index (χ1) is 14.5. The summed E-state index contributed by atoms with van der Waals surface area (Å²) in [7, 11) is 4.71. The first-order valence-electron chi connectivity index (χ1n) is 9.77. The molecule has 2 aromatic rings. The van der Waals surface area contributed by atoms with Crippen molar-refractivity contribution in [2.45, 2.75) is 18.9 Å². The lowest BCUT2D eigenvalue weighted by Gasteiger charge is -2.33. The maximum absolute atomic E-state index is 12.6. The Kier molecular flexibility index (Phi) is 7.35. The van der Waals surface area contributed by atoms with Crippen molar-refractivity contribution < 1.29 is 19.0 Å². The van der Waals surface area contributed by atoms with Gasteiger partial charge in [0.2, 0.25) is 5.75 Å². The number of rotatable bonds is 6. The summed E-state index contributed by atoms with van der Waals surface area (Å²) in [6.07, 6.45) is 1.66. The summed E-state index contributed by atoms with van der Waals surface area (Å²) >= 11 is 5.48. The quantitative estimate of drug-likeness (QED) is 0.683. The second kappa shape index (κ2) is 10.2. The molecule has 0 aromatic heterocycles. The Morgan fingerprint density at radius 2 is 1.60 bits per heavy atom. The molecule has 2 N–H and O–H groups in total. The molecule has 8 heteroatoms. The van der Waals surface area contributed by atoms with Gasteiger partial charge in [0.05, 0.1) is 21.3 Å². The molecule has 2 aromatic carbocycles. The SMILES string of the molecule is COc1cc(NC(=S)NC2CCN(C(=O)c3ccccc3)CC2)cc(OC)c1OC. The third kappa shape index (κ3) is 5.13. The van der Waals surface area contributed by atoms with Crippen LogP contribution in [0.2, 0.25) is 0 Å². The van der Waals surface area contributed by atoms with E-state index in [9.17, 15) is 4.79 Å². The molecule has 30 heavy (non-hydrogen) atoms. The molecule has 3 rings (SSSR count). The van der Waals surface area contributed by atoms with Gasteiger partial charge in [0.15, 0.2) is 16.6 Å². The molecule has 1 fully saturated rings. The predicted octanol–water partition coefficient (Wildman–Crippen LogP) is 3.30. The summed E-state index contributed by atoms with van der Waals surface area (Å²) in [4.78, 5) is 14.5. The minimum atomic E-state index is 0.0761. The van der Waals surface area contributed by atoms with Gasteiger partial charge >= 0.3 is 0 Å². The van der Waals surface area contributed by atoms with Gasteiger partial charge in [-0.25, -0.2) is 0 Å². The van der Waals surface area contributed by atoms with Gasteiger partial charge in [-0.2, -0.15) is 0 Å². The van der Waals surface area contributed by atoms with Crippen LogP contribution in [0.25, 0.3) is 0 Å². The normalized spacial score (nSPS) is 14.0. The minimum absolute atomic E-state index is 0.0761. The first kappa shape index (κ1) is 21.7. The number of anilines is 1. The first-order valence-corrected chi connectivity index (χ1v) is 10.2. The van der Waals surface area contributed by atoms with Gasteiger partial charge < -0.3 is 29.7 Å². The molecule has 7 nitrogen and oxygen atoms in total. The van der Waals surface area contributed by atoms with Gasteiger partial charge in [0, 0.05) is 42.5 Å².